The molecule has 1 aliphatic heterocycles. The lowest BCUT2D eigenvalue weighted by molar-refractivity contribution is 0.0930. The molecule has 0 atom stereocenters. The zero-order valence-electron chi connectivity index (χ0n) is 12.1. The van der Waals surface area contributed by atoms with Gasteiger partial charge in [-0.2, -0.15) is 0 Å². The Morgan fingerprint density at radius 3 is 2.64 bits per heavy atom. The molecule has 0 aromatic carbocycles. The van der Waals surface area contributed by atoms with Crippen molar-refractivity contribution in [3.63, 3.8) is 0 Å². The van der Waals surface area contributed by atoms with E-state index < -0.39 is 0 Å². The van der Waals surface area contributed by atoms with Gasteiger partial charge in [0.2, 0.25) is 0 Å². The van der Waals surface area contributed by atoms with Gasteiger partial charge in [0.05, 0.1) is 15.7 Å². The van der Waals surface area contributed by atoms with Crippen molar-refractivity contribution in [1.82, 2.24) is 15.3 Å². The van der Waals surface area contributed by atoms with E-state index in [0.29, 0.717) is 5.56 Å². The van der Waals surface area contributed by atoms with Gasteiger partial charge >= 0.3 is 0 Å². The Morgan fingerprint density at radius 1 is 1.18 bits per heavy atom. The fraction of sp³-hybridized carbons (Fsp3) is 0.312. The van der Waals surface area contributed by atoms with Crippen molar-refractivity contribution in [2.24, 2.45) is 0 Å². The van der Waals surface area contributed by atoms with Gasteiger partial charge in [-0.3, -0.25) is 14.8 Å². The third-order valence-electron chi connectivity index (χ3n) is 3.85. The molecule has 22 heavy (non-hydrogen) atoms. The quantitative estimate of drug-likeness (QED) is 0.913. The van der Waals surface area contributed by atoms with Crippen molar-refractivity contribution in [3.8, 4) is 0 Å². The molecule has 0 aliphatic carbocycles. The average molecular weight is 361 g/mol. The van der Waals surface area contributed by atoms with Crippen LogP contribution in [0.2, 0.25) is 0 Å². The maximum atomic E-state index is 12.1. The van der Waals surface area contributed by atoms with Gasteiger partial charge in [0.15, 0.2) is 0 Å². The number of nitrogens with one attached hydrogen (secondary N) is 1. The van der Waals surface area contributed by atoms with Gasteiger partial charge in [0.1, 0.15) is 0 Å². The van der Waals surface area contributed by atoms with Crippen molar-refractivity contribution >= 4 is 27.5 Å². The molecule has 2 aromatic rings. The van der Waals surface area contributed by atoms with Crippen molar-refractivity contribution in [1.29, 1.82) is 0 Å². The predicted molar refractivity (Wildman–Crippen MR) is 88.9 cm³/mol. The standard InChI is InChI=1S/C16H17BrN4O/c17-14-11-19-7-3-15(14)21-8-4-13(5-9-21)20-16(22)12-2-1-6-18-10-12/h1-3,6-7,10-11,13H,4-5,8-9H2,(H,20,22). The molecule has 2 aromatic heterocycles. The second-order valence-corrected chi connectivity index (χ2v) is 6.16. The molecule has 0 bridgehead atoms. The van der Waals surface area contributed by atoms with Crippen LogP contribution < -0.4 is 10.2 Å². The van der Waals surface area contributed by atoms with Crippen LogP contribution in [-0.4, -0.2) is 35.0 Å². The number of hydrogen-bond donors (Lipinski definition) is 1. The Hall–Kier alpha value is -1.95. The van der Waals surface area contributed by atoms with E-state index in [-0.39, 0.29) is 11.9 Å². The van der Waals surface area contributed by atoms with Crippen LogP contribution in [0.3, 0.4) is 0 Å². The molecule has 1 amide bonds. The number of carbonyl (C=O) groups is 1. The second-order valence-electron chi connectivity index (χ2n) is 5.30. The number of anilines is 1. The first-order valence-electron chi connectivity index (χ1n) is 7.29. The molecule has 1 saturated heterocycles. The summed E-state index contributed by atoms with van der Waals surface area (Å²) in [6.07, 6.45) is 8.74. The first-order valence-corrected chi connectivity index (χ1v) is 8.08. The number of piperidine rings is 1. The van der Waals surface area contributed by atoms with Crippen LogP contribution in [-0.2, 0) is 0 Å². The molecule has 0 saturated carbocycles. The second kappa shape index (κ2) is 6.87. The highest BCUT2D eigenvalue weighted by Gasteiger charge is 2.22. The minimum absolute atomic E-state index is 0.0448. The number of pyridine rings is 2. The van der Waals surface area contributed by atoms with Crippen LogP contribution in [0.5, 0.6) is 0 Å². The molecular weight excluding hydrogens is 344 g/mol. The summed E-state index contributed by atoms with van der Waals surface area (Å²) in [6, 6.07) is 5.78. The smallest absolute Gasteiger partial charge is 0.253 e. The number of nitrogens with zero attached hydrogens (tertiary/aromatic N) is 3. The van der Waals surface area contributed by atoms with Crippen molar-refractivity contribution in [3.05, 3.63) is 53.0 Å². The molecule has 0 unspecified atom stereocenters. The van der Waals surface area contributed by atoms with Gasteiger partial charge in [-0.1, -0.05) is 0 Å². The fourth-order valence-corrected chi connectivity index (χ4v) is 3.16. The Labute approximate surface area is 137 Å². The lowest BCUT2D eigenvalue weighted by atomic mass is 10.0. The van der Waals surface area contributed by atoms with Crippen LogP contribution in [0.15, 0.2) is 47.5 Å². The highest BCUT2D eigenvalue weighted by Crippen LogP contribution is 2.27. The molecule has 1 N–H and O–H groups in total. The molecular formula is C16H17BrN4O. The number of amides is 1. The zero-order valence-corrected chi connectivity index (χ0v) is 13.7. The minimum Gasteiger partial charge on any atom is -0.370 e. The SMILES string of the molecule is O=C(NC1CCN(c2ccncc2Br)CC1)c1cccnc1. The number of carbonyl (C=O) groups excluding carboxylic acids is 1. The minimum atomic E-state index is -0.0448. The van der Waals surface area contributed by atoms with Crippen molar-refractivity contribution in [2.45, 2.75) is 18.9 Å². The molecule has 114 valence electrons. The highest BCUT2D eigenvalue weighted by atomic mass is 79.9. The summed E-state index contributed by atoms with van der Waals surface area (Å²) in [5.41, 5.74) is 1.77. The Kier molecular flexibility index (Phi) is 4.68. The van der Waals surface area contributed by atoms with Crippen LogP contribution >= 0.6 is 15.9 Å². The fourth-order valence-electron chi connectivity index (χ4n) is 2.65. The van der Waals surface area contributed by atoms with Gasteiger partial charge in [0, 0.05) is 43.9 Å². The molecule has 1 aliphatic rings. The maximum Gasteiger partial charge on any atom is 0.253 e. The maximum absolute atomic E-state index is 12.1. The molecule has 0 radical (unpaired) electrons. The van der Waals surface area contributed by atoms with Gasteiger partial charge < -0.3 is 10.2 Å². The molecule has 1 fully saturated rings. The largest absolute Gasteiger partial charge is 0.370 e. The normalized spacial score (nSPS) is 15.6. The Morgan fingerprint density at radius 2 is 1.95 bits per heavy atom. The molecule has 6 heteroatoms. The van der Waals surface area contributed by atoms with E-state index in [1.807, 2.05) is 12.3 Å². The summed E-state index contributed by atoms with van der Waals surface area (Å²) in [6.45, 7) is 1.83. The third-order valence-corrected chi connectivity index (χ3v) is 4.46. The third kappa shape index (κ3) is 3.44. The summed E-state index contributed by atoms with van der Waals surface area (Å²) in [5, 5.41) is 3.09. The van der Waals surface area contributed by atoms with E-state index in [4.69, 9.17) is 0 Å². The lowest BCUT2D eigenvalue weighted by Crippen LogP contribution is -2.44. The zero-order chi connectivity index (χ0) is 15.4. The monoisotopic (exact) mass is 360 g/mol. The van der Waals surface area contributed by atoms with Crippen LogP contribution in [0.25, 0.3) is 0 Å². The van der Waals surface area contributed by atoms with E-state index in [9.17, 15) is 4.79 Å². The van der Waals surface area contributed by atoms with Gasteiger partial charge in [-0.25, -0.2) is 0 Å². The van der Waals surface area contributed by atoms with Crippen LogP contribution in [0.4, 0.5) is 5.69 Å². The van der Waals surface area contributed by atoms with E-state index in [1.165, 1.54) is 0 Å². The summed E-state index contributed by atoms with van der Waals surface area (Å²) >= 11 is 3.54. The summed E-state index contributed by atoms with van der Waals surface area (Å²) < 4.78 is 1.01. The van der Waals surface area contributed by atoms with Crippen molar-refractivity contribution < 1.29 is 4.79 Å². The molecule has 3 heterocycles. The van der Waals surface area contributed by atoms with Gasteiger partial charge in [-0.15, -0.1) is 0 Å². The molecule has 5 nitrogen and oxygen atoms in total. The van der Waals surface area contributed by atoms with Crippen molar-refractivity contribution in [2.75, 3.05) is 18.0 Å². The van der Waals surface area contributed by atoms with E-state index >= 15 is 0 Å². The average Bonchev–Trinajstić information content (AvgIpc) is 2.57. The van der Waals surface area contributed by atoms with E-state index in [2.05, 4.69) is 36.1 Å². The molecule has 3 rings (SSSR count). The first kappa shape index (κ1) is 15.0. The number of aromatic nitrogens is 2. The van der Waals surface area contributed by atoms with Crippen LogP contribution in [0.1, 0.15) is 23.2 Å². The summed E-state index contributed by atoms with van der Waals surface area (Å²) in [4.78, 5) is 22.5. The molecule has 0 spiro atoms. The first-order chi connectivity index (χ1) is 10.7. The van der Waals surface area contributed by atoms with Crippen LogP contribution in [0, 0.1) is 0 Å². The topological polar surface area (TPSA) is 58.1 Å². The van der Waals surface area contributed by atoms with E-state index in [0.717, 1.165) is 36.1 Å². The Bertz CT molecular complexity index is 642. The number of hydrogen-bond acceptors (Lipinski definition) is 4. The van der Waals surface area contributed by atoms with Gasteiger partial charge in [-0.05, 0) is 47.0 Å². The summed E-state index contributed by atoms with van der Waals surface area (Å²) in [7, 11) is 0. The number of halogens is 1. The summed E-state index contributed by atoms with van der Waals surface area (Å²) in [5.74, 6) is -0.0448. The van der Waals surface area contributed by atoms with E-state index in [1.54, 1.807) is 30.7 Å². The predicted octanol–water partition coefficient (Wildman–Crippen LogP) is 2.64. The Balaban J connectivity index is 1.56. The highest BCUT2D eigenvalue weighted by molar-refractivity contribution is 9.10. The van der Waals surface area contributed by atoms with Gasteiger partial charge in [0.25, 0.3) is 5.91 Å². The lowest BCUT2D eigenvalue weighted by Gasteiger charge is -2.34. The number of rotatable bonds is 3.